The lowest BCUT2D eigenvalue weighted by atomic mass is 9.99. The van der Waals surface area contributed by atoms with Crippen LogP contribution in [0.1, 0.15) is 31.7 Å². The number of aryl methyl sites for hydroxylation is 1. The van der Waals surface area contributed by atoms with Gasteiger partial charge >= 0.3 is 5.97 Å². The van der Waals surface area contributed by atoms with E-state index < -0.39 is 5.97 Å². The Labute approximate surface area is 178 Å². The number of carboxylic acids is 1. The molecule has 1 aliphatic carbocycles. The molecular formula is C21H23ClN2O4S. The Bertz CT molecular complexity index is 908. The average Bonchev–Trinajstić information content (AvgIpc) is 3.34. The molecule has 2 aromatic rings. The summed E-state index contributed by atoms with van der Waals surface area (Å²) in [5.74, 6) is -0.366. The Balaban J connectivity index is 1.63. The second-order valence-corrected chi connectivity index (χ2v) is 8.53. The molecule has 1 atom stereocenters. The first-order chi connectivity index (χ1) is 14.0. The van der Waals surface area contributed by atoms with Crippen molar-refractivity contribution in [1.29, 1.82) is 0 Å². The fourth-order valence-corrected chi connectivity index (χ4v) is 4.38. The minimum Gasteiger partial charge on any atom is -0.481 e. The molecule has 0 fully saturated rings. The highest BCUT2D eigenvalue weighted by Crippen LogP contribution is 2.35. The van der Waals surface area contributed by atoms with Crippen LogP contribution in [-0.4, -0.2) is 33.6 Å². The van der Waals surface area contributed by atoms with E-state index >= 15 is 0 Å². The summed E-state index contributed by atoms with van der Waals surface area (Å²) in [5, 5.41) is 16.4. The Morgan fingerprint density at radius 2 is 2.07 bits per heavy atom. The predicted octanol–water partition coefficient (Wildman–Crippen LogP) is 4.95. The molecule has 0 saturated carbocycles. The summed E-state index contributed by atoms with van der Waals surface area (Å²) in [7, 11) is 0. The van der Waals surface area contributed by atoms with Crippen molar-refractivity contribution in [3.63, 3.8) is 0 Å². The van der Waals surface area contributed by atoms with Crippen molar-refractivity contribution in [2.24, 2.45) is 5.92 Å². The van der Waals surface area contributed by atoms with E-state index in [2.05, 4.69) is 10.5 Å². The molecule has 3 rings (SSSR count). The van der Waals surface area contributed by atoms with Crippen LogP contribution in [0.15, 0.2) is 45.7 Å². The SMILES string of the molecule is CC(C(=O)Nc1conc1-c1ccc(CCSCC(=O)O)cc1)C1=C(Cl)CCC1. The van der Waals surface area contributed by atoms with Crippen LogP contribution in [0, 0.1) is 5.92 Å². The first-order valence-corrected chi connectivity index (χ1v) is 11.0. The standard InChI is InChI=1S/C21H23ClN2O4S/c1-13(16-3-2-4-17(16)22)21(27)23-18-11-28-24-20(18)15-7-5-14(6-8-15)9-10-29-12-19(25)26/h5-8,11,13H,2-4,9-10,12H2,1H3,(H,23,27)(H,25,26). The van der Waals surface area contributed by atoms with Crippen molar-refractivity contribution in [1.82, 2.24) is 5.16 Å². The fraction of sp³-hybridized carbons (Fsp3) is 0.381. The van der Waals surface area contributed by atoms with Gasteiger partial charge in [0.25, 0.3) is 0 Å². The number of thioether (sulfide) groups is 1. The van der Waals surface area contributed by atoms with E-state index in [1.54, 1.807) is 0 Å². The third-order valence-electron chi connectivity index (χ3n) is 4.92. The van der Waals surface area contributed by atoms with E-state index in [1.807, 2.05) is 31.2 Å². The van der Waals surface area contributed by atoms with Gasteiger partial charge in [-0.15, -0.1) is 11.8 Å². The van der Waals surface area contributed by atoms with Crippen LogP contribution in [0.25, 0.3) is 11.3 Å². The number of amides is 1. The largest absolute Gasteiger partial charge is 0.481 e. The average molecular weight is 435 g/mol. The number of carbonyl (C=O) groups excluding carboxylic acids is 1. The number of aromatic nitrogens is 1. The number of rotatable bonds is 9. The first-order valence-electron chi connectivity index (χ1n) is 9.47. The zero-order valence-electron chi connectivity index (χ0n) is 16.1. The van der Waals surface area contributed by atoms with Gasteiger partial charge in [0.1, 0.15) is 17.6 Å². The zero-order chi connectivity index (χ0) is 20.8. The summed E-state index contributed by atoms with van der Waals surface area (Å²) in [5.41, 5.74) is 4.05. The minimum absolute atomic E-state index is 0.112. The molecule has 29 heavy (non-hydrogen) atoms. The van der Waals surface area contributed by atoms with E-state index in [0.717, 1.165) is 53.2 Å². The van der Waals surface area contributed by atoms with E-state index in [9.17, 15) is 9.59 Å². The number of benzene rings is 1. The summed E-state index contributed by atoms with van der Waals surface area (Å²) in [6.07, 6.45) is 4.91. The zero-order valence-corrected chi connectivity index (χ0v) is 17.7. The van der Waals surface area contributed by atoms with E-state index in [4.69, 9.17) is 21.2 Å². The quantitative estimate of drug-likeness (QED) is 0.542. The number of allylic oxidation sites excluding steroid dienone is 1. The van der Waals surface area contributed by atoms with Gasteiger partial charge < -0.3 is 14.9 Å². The predicted molar refractivity (Wildman–Crippen MR) is 115 cm³/mol. The van der Waals surface area contributed by atoms with Crippen LogP contribution < -0.4 is 5.32 Å². The van der Waals surface area contributed by atoms with Crippen molar-refractivity contribution in [3.8, 4) is 11.3 Å². The molecule has 1 unspecified atom stereocenters. The highest BCUT2D eigenvalue weighted by atomic mass is 35.5. The third-order valence-corrected chi connectivity index (χ3v) is 6.30. The van der Waals surface area contributed by atoms with Gasteiger partial charge in [-0.05, 0) is 49.5 Å². The van der Waals surface area contributed by atoms with Gasteiger partial charge in [-0.3, -0.25) is 9.59 Å². The molecule has 1 aromatic carbocycles. The molecule has 1 aliphatic rings. The van der Waals surface area contributed by atoms with Gasteiger partial charge in [0, 0.05) is 10.6 Å². The van der Waals surface area contributed by atoms with Crippen molar-refractivity contribution in [2.75, 3.05) is 16.8 Å². The molecule has 0 spiro atoms. The number of anilines is 1. The summed E-state index contributed by atoms with van der Waals surface area (Å²) in [6, 6.07) is 7.79. The van der Waals surface area contributed by atoms with Gasteiger partial charge in [-0.25, -0.2) is 0 Å². The van der Waals surface area contributed by atoms with Crippen LogP contribution in [0.3, 0.4) is 0 Å². The molecule has 1 amide bonds. The second kappa shape index (κ2) is 9.98. The van der Waals surface area contributed by atoms with E-state index in [1.165, 1.54) is 18.0 Å². The number of nitrogens with one attached hydrogen (secondary N) is 1. The number of halogens is 1. The van der Waals surface area contributed by atoms with Crippen molar-refractivity contribution >= 4 is 40.9 Å². The van der Waals surface area contributed by atoms with Crippen LogP contribution in [-0.2, 0) is 16.0 Å². The van der Waals surface area contributed by atoms with Crippen LogP contribution >= 0.6 is 23.4 Å². The fourth-order valence-electron chi connectivity index (χ4n) is 3.29. The molecule has 0 aliphatic heterocycles. The Morgan fingerprint density at radius 1 is 1.31 bits per heavy atom. The molecule has 1 aromatic heterocycles. The molecule has 0 saturated heterocycles. The maximum Gasteiger partial charge on any atom is 0.313 e. The van der Waals surface area contributed by atoms with E-state index in [-0.39, 0.29) is 17.6 Å². The Kier molecular flexibility index (Phi) is 7.39. The number of nitrogens with zero attached hydrogens (tertiary/aromatic N) is 1. The number of carboxylic acid groups (broad SMARTS) is 1. The van der Waals surface area contributed by atoms with Crippen LogP contribution in [0.5, 0.6) is 0 Å². The monoisotopic (exact) mass is 434 g/mol. The van der Waals surface area contributed by atoms with Gasteiger partial charge in [0.05, 0.1) is 11.7 Å². The lowest BCUT2D eigenvalue weighted by molar-refractivity contribution is -0.133. The molecule has 6 nitrogen and oxygen atoms in total. The van der Waals surface area contributed by atoms with Gasteiger partial charge in [-0.2, -0.15) is 0 Å². The highest BCUT2D eigenvalue weighted by Gasteiger charge is 2.25. The lowest BCUT2D eigenvalue weighted by Crippen LogP contribution is -2.22. The van der Waals surface area contributed by atoms with Crippen molar-refractivity contribution in [2.45, 2.75) is 32.6 Å². The lowest BCUT2D eigenvalue weighted by Gasteiger charge is -2.13. The first kappa shape index (κ1) is 21.5. The molecular weight excluding hydrogens is 412 g/mol. The Hall–Kier alpha value is -2.25. The smallest absolute Gasteiger partial charge is 0.313 e. The van der Waals surface area contributed by atoms with E-state index in [0.29, 0.717) is 11.4 Å². The third kappa shape index (κ3) is 5.64. The normalized spacial score (nSPS) is 14.8. The van der Waals surface area contributed by atoms with Gasteiger partial charge in [0.2, 0.25) is 5.91 Å². The summed E-state index contributed by atoms with van der Waals surface area (Å²) >= 11 is 7.63. The number of hydrogen-bond acceptors (Lipinski definition) is 5. The molecule has 8 heteroatoms. The van der Waals surface area contributed by atoms with Crippen LogP contribution in [0.2, 0.25) is 0 Å². The highest BCUT2D eigenvalue weighted by molar-refractivity contribution is 7.99. The minimum atomic E-state index is -0.799. The summed E-state index contributed by atoms with van der Waals surface area (Å²) in [4.78, 5) is 23.2. The van der Waals surface area contributed by atoms with Crippen LogP contribution in [0.4, 0.5) is 5.69 Å². The molecule has 0 bridgehead atoms. The summed E-state index contributed by atoms with van der Waals surface area (Å²) < 4.78 is 5.10. The number of carbonyl (C=O) groups is 2. The maximum atomic E-state index is 12.7. The van der Waals surface area contributed by atoms with Gasteiger partial charge in [0.15, 0.2) is 0 Å². The number of aliphatic carboxylic acids is 1. The molecule has 0 radical (unpaired) electrons. The van der Waals surface area contributed by atoms with Crippen molar-refractivity contribution < 1.29 is 19.2 Å². The number of hydrogen-bond donors (Lipinski definition) is 2. The topological polar surface area (TPSA) is 92.4 Å². The molecule has 154 valence electrons. The summed E-state index contributed by atoms with van der Waals surface area (Å²) in [6.45, 7) is 1.86. The maximum absolute atomic E-state index is 12.7. The molecule has 2 N–H and O–H groups in total. The van der Waals surface area contributed by atoms with Gasteiger partial charge in [-0.1, -0.05) is 41.0 Å². The second-order valence-electron chi connectivity index (χ2n) is 6.96. The van der Waals surface area contributed by atoms with Crippen molar-refractivity contribution in [3.05, 3.63) is 46.7 Å². The molecule has 1 heterocycles. The Morgan fingerprint density at radius 3 is 2.72 bits per heavy atom.